The maximum atomic E-state index is 4.99. The van der Waals surface area contributed by atoms with Crippen LogP contribution in [0.4, 0.5) is 0 Å². The van der Waals surface area contributed by atoms with Gasteiger partial charge in [-0.25, -0.2) is 0 Å². The molecular weight excluding hydrogens is 168 g/mol. The predicted molar refractivity (Wildman–Crippen MR) is 54.9 cm³/mol. The van der Waals surface area contributed by atoms with Gasteiger partial charge in [0, 0.05) is 13.2 Å². The maximum Gasteiger partial charge on any atom is 0.304 e. The van der Waals surface area contributed by atoms with Crippen molar-refractivity contribution in [3.63, 3.8) is 0 Å². The molecule has 0 aromatic heterocycles. The van der Waals surface area contributed by atoms with Crippen molar-refractivity contribution < 1.29 is 8.85 Å². The Morgan fingerprint density at radius 2 is 1.17 bits per heavy atom. The van der Waals surface area contributed by atoms with E-state index in [2.05, 4.69) is 0 Å². The van der Waals surface area contributed by atoms with E-state index in [9.17, 15) is 0 Å². The van der Waals surface area contributed by atoms with Crippen LogP contribution in [0, 0.1) is 0 Å². The molecule has 74 valence electrons. The van der Waals surface area contributed by atoms with Crippen molar-refractivity contribution >= 4 is 10.0 Å². The highest BCUT2D eigenvalue weighted by molar-refractivity contribution is 6.17. The molecule has 1 rings (SSSR count). The molecule has 1 fully saturated rings. The molecule has 12 heavy (non-hydrogen) atoms. The Kier molecular flexibility index (Phi) is 11.3. The molecule has 1 aliphatic carbocycles. The minimum absolute atomic E-state index is 0.589. The van der Waals surface area contributed by atoms with Gasteiger partial charge < -0.3 is 8.85 Å². The van der Waals surface area contributed by atoms with Gasteiger partial charge in [0.1, 0.15) is 0 Å². The SMILES string of the molecule is C1CCCC1.CCO[SiH2]OCC. The molecule has 0 unspecified atom stereocenters. The molecule has 1 aliphatic rings. The van der Waals surface area contributed by atoms with Gasteiger partial charge in [-0.15, -0.1) is 0 Å². The summed E-state index contributed by atoms with van der Waals surface area (Å²) in [6.07, 6.45) is 7.50. The molecule has 0 atom stereocenters. The van der Waals surface area contributed by atoms with Gasteiger partial charge in [-0.2, -0.15) is 0 Å². The van der Waals surface area contributed by atoms with Crippen LogP contribution in [0.25, 0.3) is 0 Å². The quantitative estimate of drug-likeness (QED) is 0.499. The monoisotopic (exact) mass is 190 g/mol. The second-order valence-corrected chi connectivity index (χ2v) is 3.92. The topological polar surface area (TPSA) is 18.5 Å². The summed E-state index contributed by atoms with van der Waals surface area (Å²) >= 11 is 0. The zero-order valence-electron chi connectivity index (χ0n) is 8.47. The number of hydrogen-bond donors (Lipinski definition) is 0. The van der Waals surface area contributed by atoms with E-state index in [0.717, 1.165) is 13.2 Å². The lowest BCUT2D eigenvalue weighted by Crippen LogP contribution is -2.02. The summed E-state index contributed by atoms with van der Waals surface area (Å²) in [5.74, 6) is 0. The van der Waals surface area contributed by atoms with Gasteiger partial charge in [-0.3, -0.25) is 0 Å². The van der Waals surface area contributed by atoms with Gasteiger partial charge in [0.05, 0.1) is 0 Å². The fraction of sp³-hybridized carbons (Fsp3) is 1.00. The normalized spacial score (nSPS) is 15.5. The van der Waals surface area contributed by atoms with Crippen LogP contribution in [0.15, 0.2) is 0 Å². The van der Waals surface area contributed by atoms with Crippen molar-refractivity contribution in [2.45, 2.75) is 46.0 Å². The van der Waals surface area contributed by atoms with Crippen molar-refractivity contribution in [3.05, 3.63) is 0 Å². The summed E-state index contributed by atoms with van der Waals surface area (Å²) in [5.41, 5.74) is 0. The third kappa shape index (κ3) is 10.1. The molecule has 2 nitrogen and oxygen atoms in total. The zero-order valence-corrected chi connectivity index (χ0v) is 9.89. The van der Waals surface area contributed by atoms with Crippen molar-refractivity contribution in [2.24, 2.45) is 0 Å². The maximum absolute atomic E-state index is 4.99. The zero-order chi connectivity index (χ0) is 9.07. The first-order valence-corrected chi connectivity index (χ1v) is 6.22. The van der Waals surface area contributed by atoms with Gasteiger partial charge >= 0.3 is 10.0 Å². The van der Waals surface area contributed by atoms with Crippen LogP contribution in [0.2, 0.25) is 0 Å². The highest BCUT2D eigenvalue weighted by atomic mass is 28.3. The molecule has 1 saturated carbocycles. The van der Waals surface area contributed by atoms with E-state index >= 15 is 0 Å². The molecule has 0 N–H and O–H groups in total. The van der Waals surface area contributed by atoms with Crippen LogP contribution in [-0.2, 0) is 8.85 Å². The highest BCUT2D eigenvalue weighted by Crippen LogP contribution is 2.15. The van der Waals surface area contributed by atoms with E-state index < -0.39 is 10.0 Å². The molecule has 0 bridgehead atoms. The van der Waals surface area contributed by atoms with Crippen LogP contribution in [0.3, 0.4) is 0 Å². The van der Waals surface area contributed by atoms with Crippen LogP contribution < -0.4 is 0 Å². The summed E-state index contributed by atoms with van der Waals surface area (Å²) in [4.78, 5) is 0. The fourth-order valence-corrected chi connectivity index (χ4v) is 1.56. The van der Waals surface area contributed by atoms with Gasteiger partial charge in [0.2, 0.25) is 0 Å². The molecule has 0 saturated heterocycles. The standard InChI is InChI=1S/C5H10.C4H12O2Si/c1-2-4-5-3-1;1-3-5-7-6-4-2/h1-5H2;3-4,7H2,1-2H3. The van der Waals surface area contributed by atoms with Crippen LogP contribution >= 0.6 is 0 Å². The first-order valence-electron chi connectivity index (χ1n) is 5.07. The Balaban J connectivity index is 0.000000211. The van der Waals surface area contributed by atoms with Gasteiger partial charge in [-0.1, -0.05) is 32.1 Å². The first-order chi connectivity index (χ1) is 5.91. The average molecular weight is 190 g/mol. The minimum atomic E-state index is -0.589. The van der Waals surface area contributed by atoms with Gasteiger partial charge in [-0.05, 0) is 13.8 Å². The van der Waals surface area contributed by atoms with E-state index in [1.54, 1.807) is 0 Å². The van der Waals surface area contributed by atoms with Gasteiger partial charge in [0.25, 0.3) is 0 Å². The minimum Gasteiger partial charge on any atom is -0.399 e. The Labute approximate surface area is 78.7 Å². The Hall–Kier alpha value is 0.137. The largest absolute Gasteiger partial charge is 0.399 e. The van der Waals surface area contributed by atoms with Crippen molar-refractivity contribution in [3.8, 4) is 0 Å². The summed E-state index contributed by atoms with van der Waals surface area (Å²) in [5, 5.41) is 0. The third-order valence-electron chi connectivity index (χ3n) is 1.82. The molecule has 0 radical (unpaired) electrons. The second-order valence-electron chi connectivity index (χ2n) is 2.87. The van der Waals surface area contributed by atoms with Crippen molar-refractivity contribution in [1.29, 1.82) is 0 Å². The smallest absolute Gasteiger partial charge is 0.304 e. The third-order valence-corrected chi connectivity index (χ3v) is 2.97. The second kappa shape index (κ2) is 11.1. The van der Waals surface area contributed by atoms with E-state index in [-0.39, 0.29) is 0 Å². The average Bonchev–Trinajstić information content (AvgIpc) is 2.62. The molecule has 0 aromatic carbocycles. The Morgan fingerprint density at radius 1 is 0.833 bits per heavy atom. The molecule has 0 aliphatic heterocycles. The number of hydrogen-bond acceptors (Lipinski definition) is 2. The van der Waals surface area contributed by atoms with Crippen LogP contribution in [0.1, 0.15) is 46.0 Å². The lowest BCUT2D eigenvalue weighted by atomic mass is 10.4. The summed E-state index contributed by atoms with van der Waals surface area (Å²) < 4.78 is 9.98. The first kappa shape index (κ1) is 12.1. The summed E-state index contributed by atoms with van der Waals surface area (Å²) in [7, 11) is -0.589. The van der Waals surface area contributed by atoms with E-state index in [0.29, 0.717) is 0 Å². The van der Waals surface area contributed by atoms with Crippen LogP contribution in [-0.4, -0.2) is 23.2 Å². The van der Waals surface area contributed by atoms with E-state index in [4.69, 9.17) is 8.85 Å². The lowest BCUT2D eigenvalue weighted by Gasteiger charge is -1.96. The predicted octanol–water partition coefficient (Wildman–Crippen LogP) is 2.01. The van der Waals surface area contributed by atoms with Gasteiger partial charge in [0.15, 0.2) is 0 Å². The number of rotatable bonds is 4. The molecule has 3 heteroatoms. The molecule has 0 spiro atoms. The van der Waals surface area contributed by atoms with E-state index in [1.807, 2.05) is 13.8 Å². The Bertz CT molecular complexity index is 63.3. The Morgan fingerprint density at radius 3 is 1.42 bits per heavy atom. The van der Waals surface area contributed by atoms with Crippen molar-refractivity contribution in [1.82, 2.24) is 0 Å². The molecule has 0 heterocycles. The van der Waals surface area contributed by atoms with Crippen LogP contribution in [0.5, 0.6) is 0 Å². The summed E-state index contributed by atoms with van der Waals surface area (Å²) in [6.45, 7) is 5.55. The highest BCUT2D eigenvalue weighted by Gasteiger charge is 1.95. The molecular formula is C9H22O2Si. The lowest BCUT2D eigenvalue weighted by molar-refractivity contribution is 0.240. The summed E-state index contributed by atoms with van der Waals surface area (Å²) in [6, 6.07) is 0. The molecule has 0 amide bonds. The molecule has 0 aromatic rings. The fourth-order valence-electron chi connectivity index (χ4n) is 1.11. The van der Waals surface area contributed by atoms with Crippen molar-refractivity contribution in [2.75, 3.05) is 13.2 Å². The van der Waals surface area contributed by atoms with E-state index in [1.165, 1.54) is 32.1 Å².